The van der Waals surface area contributed by atoms with Gasteiger partial charge in [-0.05, 0) is 60.4 Å². The van der Waals surface area contributed by atoms with Gasteiger partial charge in [0.2, 0.25) is 10.0 Å². The molecule has 188 valence electrons. The number of sulfonamides is 1. The van der Waals surface area contributed by atoms with Crippen molar-refractivity contribution in [2.24, 2.45) is 0 Å². The van der Waals surface area contributed by atoms with Gasteiger partial charge >= 0.3 is 0 Å². The van der Waals surface area contributed by atoms with Gasteiger partial charge in [0.05, 0.1) is 33.5 Å². The van der Waals surface area contributed by atoms with Crippen LogP contribution in [-0.4, -0.2) is 18.2 Å². The second kappa shape index (κ2) is 10.3. The van der Waals surface area contributed by atoms with Gasteiger partial charge in [-0.2, -0.15) is 5.10 Å². The minimum absolute atomic E-state index is 0.0247. The molecule has 0 aliphatic carbocycles. The molecule has 5 nitrogen and oxygen atoms in total. The maximum absolute atomic E-state index is 13.1. The largest absolute Gasteiger partial charge is 0.240 e. The number of halogens is 3. The molecule has 9 heteroatoms. The van der Waals surface area contributed by atoms with Crippen molar-refractivity contribution in [3.8, 4) is 16.9 Å². The minimum Gasteiger partial charge on any atom is -0.231 e. The molecule has 0 atom stereocenters. The Kier molecular flexibility index (Phi) is 7.70. The Bertz CT molecular complexity index is 1510. The van der Waals surface area contributed by atoms with Crippen LogP contribution in [0.25, 0.3) is 16.9 Å². The SMILES string of the molecule is Cc1c(CNS(=O)(=O)c2ccc(C(C)(C)C)cc2)nn(-c2ccc(Cl)cc2Cl)c1-c1ccc(Br)cc1. The first-order valence-electron chi connectivity index (χ1n) is 11.3. The van der Waals surface area contributed by atoms with Crippen LogP contribution < -0.4 is 4.72 Å². The van der Waals surface area contributed by atoms with E-state index in [9.17, 15) is 8.42 Å². The lowest BCUT2D eigenvalue weighted by Gasteiger charge is -2.19. The molecule has 0 aliphatic rings. The molecule has 0 radical (unpaired) electrons. The Hall–Kier alpha value is -2.16. The molecule has 4 aromatic rings. The summed E-state index contributed by atoms with van der Waals surface area (Å²) in [6, 6.07) is 20.0. The molecule has 0 fully saturated rings. The van der Waals surface area contributed by atoms with Crippen LogP contribution in [0.2, 0.25) is 10.0 Å². The summed E-state index contributed by atoms with van der Waals surface area (Å²) in [5.41, 5.74) is 4.81. The second-order valence-corrected chi connectivity index (χ2v) is 13.1. The average molecular weight is 607 g/mol. The molecule has 1 N–H and O–H groups in total. The van der Waals surface area contributed by atoms with Gasteiger partial charge in [-0.1, -0.05) is 84.2 Å². The Labute approximate surface area is 230 Å². The van der Waals surface area contributed by atoms with Crippen LogP contribution in [-0.2, 0) is 22.0 Å². The Morgan fingerprint density at radius 1 is 0.972 bits per heavy atom. The summed E-state index contributed by atoms with van der Waals surface area (Å²) in [7, 11) is -3.74. The molecular formula is C27H26BrCl2N3O2S. The van der Waals surface area contributed by atoms with E-state index in [0.717, 1.165) is 26.9 Å². The third kappa shape index (κ3) is 5.71. The van der Waals surface area contributed by atoms with Gasteiger partial charge in [0.25, 0.3) is 0 Å². The third-order valence-electron chi connectivity index (χ3n) is 5.94. The van der Waals surface area contributed by atoms with E-state index >= 15 is 0 Å². The van der Waals surface area contributed by atoms with Gasteiger partial charge in [0, 0.05) is 20.6 Å². The van der Waals surface area contributed by atoms with Crippen LogP contribution >= 0.6 is 39.1 Å². The zero-order chi connectivity index (χ0) is 26.3. The summed E-state index contributed by atoms with van der Waals surface area (Å²) in [5, 5.41) is 5.72. The van der Waals surface area contributed by atoms with Crippen molar-refractivity contribution >= 4 is 49.2 Å². The number of hydrogen-bond donors (Lipinski definition) is 1. The van der Waals surface area contributed by atoms with Crippen molar-refractivity contribution in [2.75, 3.05) is 0 Å². The molecule has 1 aromatic heterocycles. The normalized spacial score (nSPS) is 12.2. The molecule has 0 unspecified atom stereocenters. The Morgan fingerprint density at radius 3 is 2.19 bits per heavy atom. The second-order valence-electron chi connectivity index (χ2n) is 9.53. The van der Waals surface area contributed by atoms with Crippen LogP contribution in [0.5, 0.6) is 0 Å². The van der Waals surface area contributed by atoms with Crippen molar-refractivity contribution in [3.05, 3.63) is 98.1 Å². The number of nitrogens with one attached hydrogen (secondary N) is 1. The van der Waals surface area contributed by atoms with Crippen molar-refractivity contribution in [1.82, 2.24) is 14.5 Å². The number of rotatable bonds is 6. The van der Waals surface area contributed by atoms with Crippen LogP contribution in [0.1, 0.15) is 37.6 Å². The predicted molar refractivity (Wildman–Crippen MR) is 151 cm³/mol. The van der Waals surface area contributed by atoms with E-state index < -0.39 is 10.0 Å². The zero-order valence-corrected chi connectivity index (χ0v) is 24.2. The van der Waals surface area contributed by atoms with Gasteiger partial charge in [-0.15, -0.1) is 0 Å². The van der Waals surface area contributed by atoms with E-state index in [1.54, 1.807) is 35.0 Å². The highest BCUT2D eigenvalue weighted by atomic mass is 79.9. The van der Waals surface area contributed by atoms with Crippen molar-refractivity contribution in [1.29, 1.82) is 0 Å². The number of nitrogens with zero attached hydrogens (tertiary/aromatic N) is 2. The summed E-state index contributed by atoms with van der Waals surface area (Å²) >= 11 is 16.1. The van der Waals surface area contributed by atoms with E-state index in [1.807, 2.05) is 43.3 Å². The van der Waals surface area contributed by atoms with Crippen LogP contribution in [0.15, 0.2) is 76.1 Å². The average Bonchev–Trinajstić information content (AvgIpc) is 3.14. The highest BCUT2D eigenvalue weighted by Crippen LogP contribution is 2.33. The first-order chi connectivity index (χ1) is 16.9. The molecule has 3 aromatic carbocycles. The van der Waals surface area contributed by atoms with E-state index in [1.165, 1.54) is 0 Å². The Balaban J connectivity index is 1.71. The maximum atomic E-state index is 13.1. The van der Waals surface area contributed by atoms with Crippen molar-refractivity contribution in [2.45, 2.75) is 44.6 Å². The van der Waals surface area contributed by atoms with E-state index in [0.29, 0.717) is 21.4 Å². The fraction of sp³-hybridized carbons (Fsp3) is 0.222. The number of aromatic nitrogens is 2. The van der Waals surface area contributed by atoms with E-state index in [4.69, 9.17) is 28.3 Å². The summed E-state index contributed by atoms with van der Waals surface area (Å²) in [6.45, 7) is 8.21. The van der Waals surface area contributed by atoms with Gasteiger partial charge in [0.15, 0.2) is 0 Å². The lowest BCUT2D eigenvalue weighted by atomic mass is 9.87. The molecule has 36 heavy (non-hydrogen) atoms. The third-order valence-corrected chi connectivity index (χ3v) is 8.42. The number of hydrogen-bond acceptors (Lipinski definition) is 3. The zero-order valence-electron chi connectivity index (χ0n) is 20.3. The topological polar surface area (TPSA) is 64.0 Å². The first kappa shape index (κ1) is 26.9. The van der Waals surface area contributed by atoms with Crippen LogP contribution in [0.4, 0.5) is 0 Å². The fourth-order valence-electron chi connectivity index (χ4n) is 3.86. The molecule has 0 amide bonds. The van der Waals surface area contributed by atoms with Crippen molar-refractivity contribution < 1.29 is 8.42 Å². The minimum atomic E-state index is -3.74. The monoisotopic (exact) mass is 605 g/mol. The maximum Gasteiger partial charge on any atom is 0.240 e. The highest BCUT2D eigenvalue weighted by molar-refractivity contribution is 9.10. The molecular weight excluding hydrogens is 581 g/mol. The summed E-state index contributed by atoms with van der Waals surface area (Å²) < 4.78 is 31.5. The first-order valence-corrected chi connectivity index (χ1v) is 14.3. The predicted octanol–water partition coefficient (Wildman–Crippen LogP) is 7.69. The standard InChI is InChI=1S/C27H26BrCl2N3O2S/c1-17-24(16-31-36(34,35)22-12-7-19(8-13-22)27(2,3)4)32-33(25-14-11-21(29)15-23(25)30)26(17)18-5-9-20(28)10-6-18/h5-15,31H,16H2,1-4H3. The summed E-state index contributed by atoms with van der Waals surface area (Å²) in [4.78, 5) is 0.210. The number of benzene rings is 3. The van der Waals surface area contributed by atoms with Gasteiger partial charge in [-0.3, -0.25) is 0 Å². The highest BCUT2D eigenvalue weighted by Gasteiger charge is 2.22. The van der Waals surface area contributed by atoms with Crippen LogP contribution in [0, 0.1) is 6.92 Å². The Morgan fingerprint density at radius 2 is 1.61 bits per heavy atom. The van der Waals surface area contributed by atoms with E-state index in [-0.39, 0.29) is 16.9 Å². The fourth-order valence-corrected chi connectivity index (χ4v) is 5.60. The van der Waals surface area contributed by atoms with Gasteiger partial charge in [0.1, 0.15) is 0 Å². The quantitative estimate of drug-likeness (QED) is 0.245. The summed E-state index contributed by atoms with van der Waals surface area (Å²) in [6.07, 6.45) is 0. The molecule has 0 saturated heterocycles. The smallest absolute Gasteiger partial charge is 0.231 e. The summed E-state index contributed by atoms with van der Waals surface area (Å²) in [5.74, 6) is 0. The molecule has 1 heterocycles. The van der Waals surface area contributed by atoms with Gasteiger partial charge < -0.3 is 0 Å². The molecule has 0 spiro atoms. The molecule has 0 bridgehead atoms. The molecule has 0 saturated carbocycles. The van der Waals surface area contributed by atoms with Crippen molar-refractivity contribution in [3.63, 3.8) is 0 Å². The lowest BCUT2D eigenvalue weighted by Crippen LogP contribution is -2.24. The van der Waals surface area contributed by atoms with E-state index in [2.05, 4.69) is 41.4 Å². The van der Waals surface area contributed by atoms with Gasteiger partial charge in [-0.25, -0.2) is 17.8 Å². The van der Waals surface area contributed by atoms with Crippen LogP contribution in [0.3, 0.4) is 0 Å². The molecule has 4 rings (SSSR count). The molecule has 0 aliphatic heterocycles. The lowest BCUT2D eigenvalue weighted by molar-refractivity contribution is 0.577.